The summed E-state index contributed by atoms with van der Waals surface area (Å²) in [6.45, 7) is 11.2. The summed E-state index contributed by atoms with van der Waals surface area (Å²) in [5.41, 5.74) is 0.406. The molecule has 0 radical (unpaired) electrons. The lowest BCUT2D eigenvalue weighted by Gasteiger charge is -2.29. The molecule has 0 fully saturated rings. The molecule has 68 valence electrons. The molecule has 0 atom stereocenters. The van der Waals surface area contributed by atoms with Crippen molar-refractivity contribution in [2.45, 2.75) is 27.7 Å². The number of thiol groups is 1. The molecule has 1 N–H and O–H groups in total. The van der Waals surface area contributed by atoms with Crippen molar-refractivity contribution in [2.75, 3.05) is 18.8 Å². The molecule has 0 saturated carbocycles. The Morgan fingerprint density at radius 3 is 2.27 bits per heavy atom. The summed E-state index contributed by atoms with van der Waals surface area (Å²) in [7, 11) is 0. The highest BCUT2D eigenvalue weighted by Gasteiger charge is 2.20. The van der Waals surface area contributed by atoms with Crippen LogP contribution in [0.5, 0.6) is 0 Å². The summed E-state index contributed by atoms with van der Waals surface area (Å²) in [5, 5.41) is 3.38. The monoisotopic (exact) mass is 175 g/mol. The van der Waals surface area contributed by atoms with Crippen LogP contribution in [0.2, 0.25) is 0 Å². The Bertz CT molecular complexity index is 99.7. The van der Waals surface area contributed by atoms with Crippen molar-refractivity contribution in [3.63, 3.8) is 0 Å². The summed E-state index contributed by atoms with van der Waals surface area (Å²) in [6.07, 6.45) is 0. The van der Waals surface area contributed by atoms with Crippen molar-refractivity contribution in [1.29, 1.82) is 0 Å². The van der Waals surface area contributed by atoms with Gasteiger partial charge in [0, 0.05) is 18.8 Å². The second kappa shape index (κ2) is 5.04. The van der Waals surface area contributed by atoms with Crippen LogP contribution in [0.4, 0.5) is 0 Å². The van der Waals surface area contributed by atoms with Gasteiger partial charge in [-0.2, -0.15) is 12.6 Å². The zero-order valence-corrected chi connectivity index (χ0v) is 9.04. The molecule has 0 aliphatic rings. The maximum absolute atomic E-state index is 4.14. The van der Waals surface area contributed by atoms with Crippen molar-refractivity contribution in [2.24, 2.45) is 11.3 Å². The molecule has 0 bridgehead atoms. The maximum Gasteiger partial charge on any atom is 0.00399 e. The molecular weight excluding hydrogens is 154 g/mol. The Morgan fingerprint density at radius 1 is 1.36 bits per heavy atom. The van der Waals surface area contributed by atoms with Gasteiger partial charge in [-0.25, -0.2) is 0 Å². The molecule has 11 heavy (non-hydrogen) atoms. The third-order valence-corrected chi connectivity index (χ3v) is 2.66. The highest BCUT2D eigenvalue weighted by Crippen LogP contribution is 2.24. The Hall–Kier alpha value is 0.310. The predicted octanol–water partition coefficient (Wildman–Crippen LogP) is 2.19. The van der Waals surface area contributed by atoms with Crippen LogP contribution in [0.3, 0.4) is 0 Å². The number of nitrogens with one attached hydrogen (secondary N) is 1. The van der Waals surface area contributed by atoms with Gasteiger partial charge in [0.15, 0.2) is 0 Å². The van der Waals surface area contributed by atoms with Crippen LogP contribution in [-0.4, -0.2) is 18.8 Å². The van der Waals surface area contributed by atoms with E-state index in [0.717, 1.165) is 24.8 Å². The minimum absolute atomic E-state index is 0.406. The van der Waals surface area contributed by atoms with Gasteiger partial charge < -0.3 is 5.32 Å². The fraction of sp³-hybridized carbons (Fsp3) is 1.00. The lowest BCUT2D eigenvalue weighted by Crippen LogP contribution is -2.34. The van der Waals surface area contributed by atoms with E-state index in [2.05, 4.69) is 45.6 Å². The molecule has 0 spiro atoms. The van der Waals surface area contributed by atoms with Crippen LogP contribution >= 0.6 is 12.6 Å². The Labute approximate surface area is 76.4 Å². The van der Waals surface area contributed by atoms with Crippen LogP contribution in [0.15, 0.2) is 0 Å². The number of hydrogen-bond acceptors (Lipinski definition) is 2. The van der Waals surface area contributed by atoms with Crippen molar-refractivity contribution in [3.8, 4) is 0 Å². The lowest BCUT2D eigenvalue weighted by molar-refractivity contribution is 0.240. The molecule has 0 heterocycles. The van der Waals surface area contributed by atoms with Gasteiger partial charge in [0.2, 0.25) is 0 Å². The first-order chi connectivity index (χ1) is 5.00. The van der Waals surface area contributed by atoms with Crippen LogP contribution in [-0.2, 0) is 0 Å². The predicted molar refractivity (Wildman–Crippen MR) is 55.3 cm³/mol. The molecule has 0 unspecified atom stereocenters. The van der Waals surface area contributed by atoms with Crippen LogP contribution < -0.4 is 5.32 Å². The second-order valence-electron chi connectivity index (χ2n) is 4.04. The maximum atomic E-state index is 4.14. The van der Waals surface area contributed by atoms with Gasteiger partial charge in [0.05, 0.1) is 0 Å². The first kappa shape index (κ1) is 11.3. The van der Waals surface area contributed by atoms with E-state index in [1.807, 2.05) is 0 Å². The van der Waals surface area contributed by atoms with Crippen molar-refractivity contribution < 1.29 is 0 Å². The van der Waals surface area contributed by atoms with E-state index < -0.39 is 0 Å². The minimum Gasteiger partial charge on any atom is -0.315 e. The molecule has 0 aliphatic carbocycles. The topological polar surface area (TPSA) is 12.0 Å². The van der Waals surface area contributed by atoms with Gasteiger partial charge in [-0.1, -0.05) is 27.7 Å². The third kappa shape index (κ3) is 4.70. The Morgan fingerprint density at radius 2 is 1.91 bits per heavy atom. The fourth-order valence-corrected chi connectivity index (χ4v) is 0.852. The molecule has 0 aromatic rings. The summed E-state index contributed by atoms with van der Waals surface area (Å²) in [4.78, 5) is 0. The zero-order valence-electron chi connectivity index (χ0n) is 8.15. The van der Waals surface area contributed by atoms with Gasteiger partial charge >= 0.3 is 0 Å². The molecule has 0 aromatic carbocycles. The first-order valence-electron chi connectivity index (χ1n) is 4.32. The second-order valence-corrected chi connectivity index (χ2v) is 4.49. The molecule has 0 saturated heterocycles. The average Bonchev–Trinajstić information content (AvgIpc) is 1.88. The van der Waals surface area contributed by atoms with E-state index in [0.29, 0.717) is 5.41 Å². The third-order valence-electron chi connectivity index (χ3n) is 2.43. The summed E-state index contributed by atoms with van der Waals surface area (Å²) < 4.78 is 0. The average molecular weight is 175 g/mol. The van der Waals surface area contributed by atoms with Gasteiger partial charge in [-0.05, 0) is 11.3 Å². The largest absolute Gasteiger partial charge is 0.315 e. The van der Waals surface area contributed by atoms with Crippen molar-refractivity contribution in [1.82, 2.24) is 5.32 Å². The van der Waals surface area contributed by atoms with E-state index in [1.165, 1.54) is 0 Å². The first-order valence-corrected chi connectivity index (χ1v) is 4.95. The molecular formula is C9H21NS. The standard InChI is InChI=1S/C9H21NS/c1-8(2)9(3,4)7-10-5-6-11/h8,10-11H,5-7H2,1-4H3. The van der Waals surface area contributed by atoms with Crippen molar-refractivity contribution in [3.05, 3.63) is 0 Å². The molecule has 2 heteroatoms. The molecule has 0 aliphatic heterocycles. The van der Waals surface area contributed by atoms with Crippen LogP contribution in [0, 0.1) is 11.3 Å². The fourth-order valence-electron chi connectivity index (χ4n) is 0.694. The highest BCUT2D eigenvalue weighted by atomic mass is 32.1. The van der Waals surface area contributed by atoms with Gasteiger partial charge in [0.1, 0.15) is 0 Å². The molecule has 1 nitrogen and oxygen atoms in total. The quantitative estimate of drug-likeness (QED) is 0.482. The van der Waals surface area contributed by atoms with Crippen molar-refractivity contribution >= 4 is 12.6 Å². The highest BCUT2D eigenvalue weighted by molar-refractivity contribution is 7.80. The van der Waals surface area contributed by atoms with Crippen LogP contribution in [0.25, 0.3) is 0 Å². The van der Waals surface area contributed by atoms with E-state index in [4.69, 9.17) is 0 Å². The minimum atomic E-state index is 0.406. The summed E-state index contributed by atoms with van der Waals surface area (Å²) in [6, 6.07) is 0. The zero-order chi connectivity index (χ0) is 8.91. The van der Waals surface area contributed by atoms with E-state index in [9.17, 15) is 0 Å². The summed E-state index contributed by atoms with van der Waals surface area (Å²) >= 11 is 4.14. The number of rotatable bonds is 5. The number of hydrogen-bond donors (Lipinski definition) is 2. The van der Waals surface area contributed by atoms with Gasteiger partial charge in [-0.15, -0.1) is 0 Å². The lowest BCUT2D eigenvalue weighted by atomic mass is 9.81. The Kier molecular flexibility index (Phi) is 5.19. The summed E-state index contributed by atoms with van der Waals surface area (Å²) in [5.74, 6) is 1.66. The van der Waals surface area contributed by atoms with E-state index in [1.54, 1.807) is 0 Å². The van der Waals surface area contributed by atoms with E-state index in [-0.39, 0.29) is 0 Å². The van der Waals surface area contributed by atoms with Gasteiger partial charge in [-0.3, -0.25) is 0 Å². The smallest absolute Gasteiger partial charge is 0.00399 e. The molecule has 0 aromatic heterocycles. The molecule has 0 amide bonds. The Balaban J connectivity index is 3.55. The van der Waals surface area contributed by atoms with Crippen LogP contribution in [0.1, 0.15) is 27.7 Å². The SMILES string of the molecule is CC(C)C(C)(C)CNCCS. The molecule has 0 rings (SSSR count). The van der Waals surface area contributed by atoms with Gasteiger partial charge in [0.25, 0.3) is 0 Å². The normalized spacial score (nSPS) is 12.5. The van der Waals surface area contributed by atoms with E-state index >= 15 is 0 Å².